The van der Waals surface area contributed by atoms with Crippen molar-refractivity contribution < 1.29 is 0 Å². The van der Waals surface area contributed by atoms with E-state index in [-0.39, 0.29) is 0 Å². The van der Waals surface area contributed by atoms with E-state index >= 15 is 0 Å². The summed E-state index contributed by atoms with van der Waals surface area (Å²) in [6.07, 6.45) is 5.22. The molecule has 1 saturated heterocycles. The zero-order chi connectivity index (χ0) is 9.52. The maximum absolute atomic E-state index is 5.22. The molecule has 0 atom stereocenters. The van der Waals surface area contributed by atoms with Crippen LogP contribution in [0.3, 0.4) is 0 Å². The maximum atomic E-state index is 5.22. The van der Waals surface area contributed by atoms with Gasteiger partial charge in [0, 0.05) is 39.3 Å². The van der Waals surface area contributed by atoms with Crippen LogP contribution < -0.4 is 5.32 Å². The third-order valence-corrected chi connectivity index (χ3v) is 2.37. The molecule has 1 N–H and O–H groups in total. The lowest BCUT2D eigenvalue weighted by atomic mass is 10.3. The molecule has 3 heteroatoms. The Hall–Kier alpha value is -0.560. The quantitative estimate of drug-likeness (QED) is 0.588. The highest BCUT2D eigenvalue weighted by atomic mass is 15.2. The first-order chi connectivity index (χ1) is 6.33. The first kappa shape index (κ1) is 10.5. The topological polar surface area (TPSA) is 18.5 Å². The second-order valence-corrected chi connectivity index (χ2v) is 3.53. The van der Waals surface area contributed by atoms with Crippen molar-refractivity contribution in [3.63, 3.8) is 0 Å². The standard InChI is InChI=1S/C10H19N3/c1-3-6-12(2)9-10-13-7-4-11-5-8-13/h1,11H,4-10H2,2H3. The molecule has 0 aromatic carbocycles. The fourth-order valence-electron chi connectivity index (χ4n) is 1.48. The van der Waals surface area contributed by atoms with Gasteiger partial charge < -0.3 is 5.32 Å². The molecule has 0 aliphatic carbocycles. The number of terminal acetylenes is 1. The number of hydrogen-bond donors (Lipinski definition) is 1. The van der Waals surface area contributed by atoms with Gasteiger partial charge in [0.25, 0.3) is 0 Å². The largest absolute Gasteiger partial charge is 0.314 e. The summed E-state index contributed by atoms with van der Waals surface area (Å²) < 4.78 is 0. The Morgan fingerprint density at radius 3 is 2.77 bits per heavy atom. The van der Waals surface area contributed by atoms with E-state index in [1.807, 2.05) is 0 Å². The van der Waals surface area contributed by atoms with E-state index < -0.39 is 0 Å². The molecule has 0 radical (unpaired) electrons. The van der Waals surface area contributed by atoms with E-state index in [0.717, 1.165) is 32.7 Å². The van der Waals surface area contributed by atoms with Gasteiger partial charge in [-0.3, -0.25) is 9.80 Å². The Morgan fingerprint density at radius 1 is 1.46 bits per heavy atom. The van der Waals surface area contributed by atoms with Crippen molar-refractivity contribution >= 4 is 0 Å². The summed E-state index contributed by atoms with van der Waals surface area (Å²) in [4.78, 5) is 4.66. The molecule has 0 spiro atoms. The highest BCUT2D eigenvalue weighted by Crippen LogP contribution is 1.92. The van der Waals surface area contributed by atoms with Gasteiger partial charge in [0.05, 0.1) is 6.54 Å². The first-order valence-electron chi connectivity index (χ1n) is 4.88. The molecule has 0 saturated carbocycles. The van der Waals surface area contributed by atoms with Crippen LogP contribution in [0.5, 0.6) is 0 Å². The summed E-state index contributed by atoms with van der Waals surface area (Å²) in [5.74, 6) is 2.65. The van der Waals surface area contributed by atoms with Gasteiger partial charge in [-0.1, -0.05) is 5.92 Å². The lowest BCUT2D eigenvalue weighted by molar-refractivity contribution is 0.212. The lowest BCUT2D eigenvalue weighted by Gasteiger charge is -2.28. The maximum Gasteiger partial charge on any atom is 0.0596 e. The van der Waals surface area contributed by atoms with Crippen LogP contribution in [0, 0.1) is 12.3 Å². The minimum atomic E-state index is 0.756. The van der Waals surface area contributed by atoms with Crippen LogP contribution in [0.25, 0.3) is 0 Å². The number of likely N-dealkylation sites (N-methyl/N-ethyl adjacent to an activating group) is 1. The Kier molecular flexibility index (Phi) is 4.84. The summed E-state index contributed by atoms with van der Waals surface area (Å²) in [7, 11) is 2.07. The Labute approximate surface area is 81.1 Å². The van der Waals surface area contributed by atoms with Crippen LogP contribution in [-0.4, -0.2) is 62.7 Å². The van der Waals surface area contributed by atoms with Crippen LogP contribution in [0.2, 0.25) is 0 Å². The number of nitrogens with zero attached hydrogens (tertiary/aromatic N) is 2. The highest BCUT2D eigenvalue weighted by Gasteiger charge is 2.09. The molecule has 0 aromatic heterocycles. The molecule has 3 nitrogen and oxygen atoms in total. The molecule has 13 heavy (non-hydrogen) atoms. The van der Waals surface area contributed by atoms with Crippen molar-refractivity contribution in [2.75, 3.05) is 52.9 Å². The average molecular weight is 181 g/mol. The second kappa shape index (κ2) is 5.98. The smallest absolute Gasteiger partial charge is 0.0596 e. The van der Waals surface area contributed by atoms with E-state index in [1.54, 1.807) is 0 Å². The van der Waals surface area contributed by atoms with E-state index in [9.17, 15) is 0 Å². The Morgan fingerprint density at radius 2 is 2.15 bits per heavy atom. The van der Waals surface area contributed by atoms with Crippen molar-refractivity contribution in [3.8, 4) is 12.3 Å². The van der Waals surface area contributed by atoms with Gasteiger partial charge in [0.15, 0.2) is 0 Å². The van der Waals surface area contributed by atoms with E-state index in [2.05, 4.69) is 28.1 Å². The normalized spacial score (nSPS) is 18.8. The van der Waals surface area contributed by atoms with Crippen LogP contribution in [0.4, 0.5) is 0 Å². The number of nitrogens with one attached hydrogen (secondary N) is 1. The fraction of sp³-hybridized carbons (Fsp3) is 0.800. The van der Waals surface area contributed by atoms with Gasteiger partial charge in [0.1, 0.15) is 0 Å². The monoisotopic (exact) mass is 181 g/mol. The summed E-state index contributed by atoms with van der Waals surface area (Å²) >= 11 is 0. The SMILES string of the molecule is C#CCN(C)CCN1CCNCC1. The predicted octanol–water partition coefficient (Wildman–Crippen LogP) is -0.543. The molecular formula is C10H19N3. The first-order valence-corrected chi connectivity index (χ1v) is 4.88. The average Bonchev–Trinajstić information content (AvgIpc) is 2.17. The minimum Gasteiger partial charge on any atom is -0.314 e. The molecule has 1 heterocycles. The van der Waals surface area contributed by atoms with Crippen molar-refractivity contribution in [2.45, 2.75) is 0 Å². The second-order valence-electron chi connectivity index (χ2n) is 3.53. The molecule has 0 unspecified atom stereocenters. The van der Waals surface area contributed by atoms with Crippen molar-refractivity contribution in [1.82, 2.24) is 15.1 Å². The Balaban J connectivity index is 2.07. The van der Waals surface area contributed by atoms with E-state index in [1.165, 1.54) is 13.1 Å². The molecule has 0 aromatic rings. The summed E-state index contributed by atoms with van der Waals surface area (Å²) in [5, 5.41) is 3.34. The number of piperazine rings is 1. The Bertz CT molecular complexity index is 167. The minimum absolute atomic E-state index is 0.756. The van der Waals surface area contributed by atoms with Gasteiger partial charge in [0.2, 0.25) is 0 Å². The molecule has 1 aliphatic rings. The van der Waals surface area contributed by atoms with Crippen LogP contribution in [-0.2, 0) is 0 Å². The van der Waals surface area contributed by atoms with Gasteiger partial charge >= 0.3 is 0 Å². The van der Waals surface area contributed by atoms with Crippen LogP contribution in [0.15, 0.2) is 0 Å². The summed E-state index contributed by atoms with van der Waals surface area (Å²) in [6.45, 7) is 7.56. The molecule has 1 fully saturated rings. The molecule has 0 amide bonds. The van der Waals surface area contributed by atoms with Gasteiger partial charge in [-0.25, -0.2) is 0 Å². The van der Waals surface area contributed by atoms with Crippen molar-refractivity contribution in [1.29, 1.82) is 0 Å². The van der Waals surface area contributed by atoms with Crippen LogP contribution in [0.1, 0.15) is 0 Å². The van der Waals surface area contributed by atoms with Crippen molar-refractivity contribution in [3.05, 3.63) is 0 Å². The van der Waals surface area contributed by atoms with Crippen LogP contribution >= 0.6 is 0 Å². The molecule has 74 valence electrons. The van der Waals surface area contributed by atoms with Gasteiger partial charge in [-0.05, 0) is 7.05 Å². The zero-order valence-corrected chi connectivity index (χ0v) is 8.42. The predicted molar refractivity (Wildman–Crippen MR) is 55.6 cm³/mol. The van der Waals surface area contributed by atoms with Gasteiger partial charge in [-0.15, -0.1) is 6.42 Å². The van der Waals surface area contributed by atoms with Crippen molar-refractivity contribution in [2.24, 2.45) is 0 Å². The lowest BCUT2D eigenvalue weighted by Crippen LogP contribution is -2.45. The van der Waals surface area contributed by atoms with E-state index in [4.69, 9.17) is 6.42 Å². The summed E-state index contributed by atoms with van der Waals surface area (Å²) in [6, 6.07) is 0. The number of hydrogen-bond acceptors (Lipinski definition) is 3. The molecule has 1 aliphatic heterocycles. The van der Waals surface area contributed by atoms with E-state index in [0.29, 0.717) is 0 Å². The summed E-state index contributed by atoms with van der Waals surface area (Å²) in [5.41, 5.74) is 0. The zero-order valence-electron chi connectivity index (χ0n) is 8.42. The fourth-order valence-corrected chi connectivity index (χ4v) is 1.48. The molecule has 1 rings (SSSR count). The van der Waals surface area contributed by atoms with Gasteiger partial charge in [-0.2, -0.15) is 0 Å². The molecular weight excluding hydrogens is 162 g/mol. The third-order valence-electron chi connectivity index (χ3n) is 2.37. The highest BCUT2D eigenvalue weighted by molar-refractivity contribution is 4.87. The molecule has 0 bridgehead atoms. The number of rotatable bonds is 4. The third kappa shape index (κ3) is 4.28.